The fourth-order valence-corrected chi connectivity index (χ4v) is 2.17. The maximum Gasteiger partial charge on any atom is 0.499 e. The molecule has 0 unspecified atom stereocenters. The van der Waals surface area contributed by atoms with Crippen LogP contribution in [0.15, 0.2) is 18.2 Å². The summed E-state index contributed by atoms with van der Waals surface area (Å²) < 4.78 is 56.2. The highest BCUT2D eigenvalue weighted by Crippen LogP contribution is 2.39. The fraction of sp³-hybridized carbons (Fsp3) is 0.571. The summed E-state index contributed by atoms with van der Waals surface area (Å²) in [4.78, 5) is 0. The fourth-order valence-electron chi connectivity index (χ4n) is 2.17. The van der Waals surface area contributed by atoms with Crippen molar-refractivity contribution in [3.8, 4) is 5.75 Å². The van der Waals surface area contributed by atoms with Gasteiger partial charge in [0.2, 0.25) is 0 Å². The van der Waals surface area contributed by atoms with Crippen molar-refractivity contribution in [3.05, 3.63) is 23.8 Å². The van der Waals surface area contributed by atoms with E-state index in [1.165, 1.54) is 19.2 Å². The van der Waals surface area contributed by atoms with E-state index in [2.05, 4.69) is 0 Å². The minimum Gasteiger partial charge on any atom is -0.497 e. The molecule has 0 atom stereocenters. The summed E-state index contributed by atoms with van der Waals surface area (Å²) in [5, 5.41) is 0. The van der Waals surface area contributed by atoms with Gasteiger partial charge in [-0.2, -0.15) is 13.2 Å². The van der Waals surface area contributed by atoms with E-state index in [0.29, 0.717) is 0 Å². The van der Waals surface area contributed by atoms with Crippen LogP contribution in [0, 0.1) is 0 Å². The summed E-state index contributed by atoms with van der Waals surface area (Å²) in [6, 6.07) is 3.77. The number of hydrogen-bond donors (Lipinski definition) is 0. The van der Waals surface area contributed by atoms with E-state index in [1.807, 2.05) is 0 Å². The molecule has 1 aliphatic heterocycles. The van der Waals surface area contributed by atoms with E-state index in [0.717, 1.165) is 6.07 Å². The van der Waals surface area contributed by atoms with Crippen molar-refractivity contribution in [2.24, 2.45) is 0 Å². The summed E-state index contributed by atoms with van der Waals surface area (Å²) >= 11 is 0. The number of hydrogen-bond acceptors (Lipinski definition) is 3. The van der Waals surface area contributed by atoms with Crippen LogP contribution in [0.4, 0.5) is 13.2 Å². The summed E-state index contributed by atoms with van der Waals surface area (Å²) in [5.41, 5.74) is -2.37. The van der Waals surface area contributed by atoms with Gasteiger partial charge in [0.05, 0.1) is 23.9 Å². The first-order valence-corrected chi connectivity index (χ1v) is 6.59. The van der Waals surface area contributed by atoms with Crippen molar-refractivity contribution in [2.75, 3.05) is 7.11 Å². The largest absolute Gasteiger partial charge is 0.499 e. The van der Waals surface area contributed by atoms with E-state index in [-0.39, 0.29) is 11.2 Å². The molecule has 1 aromatic rings. The van der Waals surface area contributed by atoms with Gasteiger partial charge in [0, 0.05) is 5.46 Å². The number of ether oxygens (including phenoxy) is 1. The topological polar surface area (TPSA) is 27.7 Å². The average molecular weight is 302 g/mol. The lowest BCUT2D eigenvalue weighted by Gasteiger charge is -2.32. The molecule has 0 amide bonds. The molecule has 1 aliphatic rings. The van der Waals surface area contributed by atoms with Crippen LogP contribution in [0.3, 0.4) is 0 Å². The zero-order valence-electron chi connectivity index (χ0n) is 12.7. The van der Waals surface area contributed by atoms with Crippen LogP contribution in [0.2, 0.25) is 0 Å². The Kier molecular flexibility index (Phi) is 3.79. The van der Waals surface area contributed by atoms with Gasteiger partial charge in [0.1, 0.15) is 5.75 Å². The van der Waals surface area contributed by atoms with Crippen molar-refractivity contribution in [2.45, 2.75) is 45.1 Å². The summed E-state index contributed by atoms with van der Waals surface area (Å²) in [7, 11) is 0.201. The molecule has 0 spiro atoms. The molecule has 0 N–H and O–H groups in total. The second-order valence-corrected chi connectivity index (χ2v) is 6.01. The first-order chi connectivity index (χ1) is 9.49. The van der Waals surface area contributed by atoms with Gasteiger partial charge in [0.25, 0.3) is 0 Å². The van der Waals surface area contributed by atoms with Gasteiger partial charge >= 0.3 is 13.3 Å². The van der Waals surface area contributed by atoms with Gasteiger partial charge in [-0.1, -0.05) is 12.1 Å². The van der Waals surface area contributed by atoms with Gasteiger partial charge in [0.15, 0.2) is 0 Å². The lowest BCUT2D eigenvalue weighted by atomic mass is 9.75. The minimum absolute atomic E-state index is 0.100. The monoisotopic (exact) mass is 302 g/mol. The van der Waals surface area contributed by atoms with E-state index >= 15 is 0 Å². The highest BCUT2D eigenvalue weighted by atomic mass is 19.4. The predicted molar refractivity (Wildman–Crippen MR) is 73.7 cm³/mol. The lowest BCUT2D eigenvalue weighted by Crippen LogP contribution is -2.41. The number of benzene rings is 1. The maximum atomic E-state index is 13.2. The molecular weight excluding hydrogens is 284 g/mol. The molecule has 0 aliphatic carbocycles. The number of halogens is 3. The van der Waals surface area contributed by atoms with Crippen LogP contribution < -0.4 is 10.2 Å². The molecular formula is C14H18BF3O3. The number of alkyl halides is 3. The highest BCUT2D eigenvalue weighted by Gasteiger charge is 2.54. The Balaban J connectivity index is 2.54. The van der Waals surface area contributed by atoms with Crippen LogP contribution in [-0.2, 0) is 15.5 Å². The third-order valence-electron chi connectivity index (χ3n) is 4.08. The molecule has 21 heavy (non-hydrogen) atoms. The van der Waals surface area contributed by atoms with E-state index in [1.54, 1.807) is 27.7 Å². The summed E-state index contributed by atoms with van der Waals surface area (Å²) in [5.74, 6) is 0.100. The molecule has 0 radical (unpaired) electrons. The lowest BCUT2D eigenvalue weighted by molar-refractivity contribution is -0.137. The van der Waals surface area contributed by atoms with E-state index in [4.69, 9.17) is 14.0 Å². The SMILES string of the molecule is COc1cccc(C(F)(F)F)c1B1OC(C)(C)C(C)(C)O1. The molecule has 1 saturated heterocycles. The molecule has 1 aromatic carbocycles. The Morgan fingerprint density at radius 1 is 1.05 bits per heavy atom. The van der Waals surface area contributed by atoms with Gasteiger partial charge in [-0.3, -0.25) is 0 Å². The second kappa shape index (κ2) is 4.92. The molecule has 3 nitrogen and oxygen atoms in total. The standard InChI is InChI=1S/C14H18BF3O3/c1-12(2)13(3,4)21-15(20-12)11-9(14(16,17)18)7-6-8-10(11)19-5/h6-8H,1-5H3. The Bertz CT molecular complexity index is 525. The average Bonchev–Trinajstić information content (AvgIpc) is 2.56. The van der Waals surface area contributed by atoms with Gasteiger partial charge in [-0.05, 0) is 33.8 Å². The van der Waals surface area contributed by atoms with Crippen LogP contribution in [0.5, 0.6) is 5.75 Å². The molecule has 2 rings (SSSR count). The Morgan fingerprint density at radius 3 is 2.00 bits per heavy atom. The predicted octanol–water partition coefficient (Wildman–Crippen LogP) is 3.01. The molecule has 1 fully saturated rings. The third-order valence-corrected chi connectivity index (χ3v) is 4.08. The molecule has 0 aromatic heterocycles. The Morgan fingerprint density at radius 2 is 1.57 bits per heavy atom. The third kappa shape index (κ3) is 2.76. The van der Waals surface area contributed by atoms with Crippen molar-refractivity contribution in [1.82, 2.24) is 0 Å². The molecule has 0 bridgehead atoms. The minimum atomic E-state index is -4.51. The van der Waals surface area contributed by atoms with Crippen LogP contribution >= 0.6 is 0 Å². The Labute approximate surface area is 122 Å². The Hall–Kier alpha value is -1.21. The van der Waals surface area contributed by atoms with E-state index in [9.17, 15) is 13.2 Å². The summed E-state index contributed by atoms with van der Waals surface area (Å²) in [6.45, 7) is 7.15. The zero-order valence-corrected chi connectivity index (χ0v) is 12.7. The number of methoxy groups -OCH3 is 1. The molecule has 0 saturated carbocycles. The van der Waals surface area contributed by atoms with E-state index < -0.39 is 30.1 Å². The van der Waals surface area contributed by atoms with Crippen molar-refractivity contribution < 1.29 is 27.2 Å². The molecule has 1 heterocycles. The second-order valence-electron chi connectivity index (χ2n) is 6.01. The quantitative estimate of drug-likeness (QED) is 0.786. The summed E-state index contributed by atoms with van der Waals surface area (Å²) in [6.07, 6.45) is -4.51. The highest BCUT2D eigenvalue weighted by molar-refractivity contribution is 6.63. The number of rotatable bonds is 2. The zero-order chi connectivity index (χ0) is 16.1. The van der Waals surface area contributed by atoms with Crippen LogP contribution in [0.1, 0.15) is 33.3 Å². The first-order valence-electron chi connectivity index (χ1n) is 6.59. The van der Waals surface area contributed by atoms with Gasteiger partial charge < -0.3 is 14.0 Å². The smallest absolute Gasteiger partial charge is 0.497 e. The van der Waals surface area contributed by atoms with Gasteiger partial charge in [-0.25, -0.2) is 0 Å². The molecule has 116 valence electrons. The van der Waals surface area contributed by atoms with Crippen molar-refractivity contribution >= 4 is 12.6 Å². The first kappa shape index (κ1) is 16.2. The van der Waals surface area contributed by atoms with Crippen molar-refractivity contribution in [1.29, 1.82) is 0 Å². The van der Waals surface area contributed by atoms with Crippen LogP contribution in [0.25, 0.3) is 0 Å². The van der Waals surface area contributed by atoms with Gasteiger partial charge in [-0.15, -0.1) is 0 Å². The molecule has 7 heteroatoms. The van der Waals surface area contributed by atoms with Crippen LogP contribution in [-0.4, -0.2) is 25.4 Å². The normalized spacial score (nSPS) is 20.7. The van der Waals surface area contributed by atoms with Crippen molar-refractivity contribution in [3.63, 3.8) is 0 Å². The maximum absolute atomic E-state index is 13.2.